The van der Waals surface area contributed by atoms with Crippen molar-refractivity contribution in [1.29, 1.82) is 0 Å². The van der Waals surface area contributed by atoms with Gasteiger partial charge >= 0.3 is 12.1 Å². The Morgan fingerprint density at radius 3 is 2.92 bits per heavy atom. The lowest BCUT2D eigenvalue weighted by Crippen LogP contribution is -2.52. The second-order valence-corrected chi connectivity index (χ2v) is 7.06. The zero-order valence-electron chi connectivity index (χ0n) is 13.1. The summed E-state index contributed by atoms with van der Waals surface area (Å²) in [5.74, 6) is 0. The molecular formula is C14H17N7O2S. The number of rotatable bonds is 3. The van der Waals surface area contributed by atoms with E-state index in [2.05, 4.69) is 20.7 Å². The van der Waals surface area contributed by atoms with E-state index in [0.29, 0.717) is 31.3 Å². The minimum atomic E-state index is -0.146. The Labute approximate surface area is 142 Å². The number of hydrogen-bond acceptors (Lipinski definition) is 5. The molecule has 0 unspecified atom stereocenters. The highest BCUT2D eigenvalue weighted by Crippen LogP contribution is 2.25. The predicted octanol–water partition coefficient (Wildman–Crippen LogP) is 1.27. The van der Waals surface area contributed by atoms with Crippen molar-refractivity contribution in [2.24, 2.45) is 0 Å². The van der Waals surface area contributed by atoms with Crippen molar-refractivity contribution in [3.63, 3.8) is 0 Å². The summed E-state index contributed by atoms with van der Waals surface area (Å²) in [6.07, 6.45) is 5.28. The first-order valence-electron chi connectivity index (χ1n) is 7.68. The Kier molecular flexibility index (Phi) is 3.60. The second kappa shape index (κ2) is 5.78. The first kappa shape index (κ1) is 14.9. The fourth-order valence-corrected chi connectivity index (χ4v) is 3.41. The lowest BCUT2D eigenvalue weighted by molar-refractivity contribution is 0.128. The molecule has 4 amide bonds. The maximum atomic E-state index is 12.1. The molecule has 4 rings (SSSR count). The van der Waals surface area contributed by atoms with E-state index in [4.69, 9.17) is 0 Å². The molecule has 2 aliphatic rings. The summed E-state index contributed by atoms with van der Waals surface area (Å²) in [5.41, 5.74) is 0.783. The van der Waals surface area contributed by atoms with Gasteiger partial charge in [0.2, 0.25) is 0 Å². The van der Waals surface area contributed by atoms with Crippen LogP contribution in [0, 0.1) is 6.92 Å². The third kappa shape index (κ3) is 2.68. The van der Waals surface area contributed by atoms with Gasteiger partial charge in [0.1, 0.15) is 0 Å². The fourth-order valence-electron chi connectivity index (χ4n) is 2.76. The Morgan fingerprint density at radius 1 is 1.42 bits per heavy atom. The average Bonchev–Trinajstić information content (AvgIpc) is 3.19. The first-order chi connectivity index (χ1) is 11.6. The molecule has 0 spiro atoms. The van der Waals surface area contributed by atoms with E-state index >= 15 is 0 Å². The van der Waals surface area contributed by atoms with Crippen LogP contribution < -0.4 is 15.5 Å². The summed E-state index contributed by atoms with van der Waals surface area (Å²) in [7, 11) is 0. The van der Waals surface area contributed by atoms with Crippen molar-refractivity contribution < 1.29 is 9.59 Å². The third-order valence-corrected chi connectivity index (χ3v) is 4.94. The molecule has 0 aromatic carbocycles. The van der Waals surface area contributed by atoms with Gasteiger partial charge < -0.3 is 10.2 Å². The van der Waals surface area contributed by atoms with Crippen LogP contribution in [0.5, 0.6) is 0 Å². The number of anilines is 2. The Morgan fingerprint density at radius 2 is 2.25 bits per heavy atom. The number of thiazole rings is 1. The van der Waals surface area contributed by atoms with E-state index in [0.717, 1.165) is 10.6 Å². The van der Waals surface area contributed by atoms with E-state index in [-0.39, 0.29) is 18.1 Å². The molecule has 126 valence electrons. The molecule has 10 heteroatoms. The van der Waals surface area contributed by atoms with Crippen molar-refractivity contribution in [3.8, 4) is 0 Å². The van der Waals surface area contributed by atoms with Crippen molar-refractivity contribution >= 4 is 34.2 Å². The van der Waals surface area contributed by atoms with Gasteiger partial charge in [-0.2, -0.15) is 5.10 Å². The van der Waals surface area contributed by atoms with Gasteiger partial charge in [-0.25, -0.2) is 14.6 Å². The number of hydrogen-bond donors (Lipinski definition) is 2. The smallest absolute Gasteiger partial charge is 0.323 e. The van der Waals surface area contributed by atoms with Gasteiger partial charge in [0, 0.05) is 43.4 Å². The molecule has 2 aliphatic heterocycles. The number of urea groups is 2. The lowest BCUT2D eigenvalue weighted by atomic mass is 10.1. The van der Waals surface area contributed by atoms with Gasteiger partial charge in [-0.3, -0.25) is 14.9 Å². The molecule has 2 fully saturated rings. The van der Waals surface area contributed by atoms with Gasteiger partial charge in [-0.15, -0.1) is 11.3 Å². The van der Waals surface area contributed by atoms with Crippen LogP contribution in [0.1, 0.15) is 10.9 Å². The fraction of sp³-hybridized carbons (Fsp3) is 0.429. The van der Waals surface area contributed by atoms with Crippen LogP contribution in [-0.4, -0.2) is 57.9 Å². The van der Waals surface area contributed by atoms with E-state index < -0.39 is 0 Å². The number of nitrogens with zero attached hydrogens (tertiary/aromatic N) is 5. The average molecular weight is 347 g/mol. The molecule has 0 bridgehead atoms. The second-order valence-electron chi connectivity index (χ2n) is 5.83. The summed E-state index contributed by atoms with van der Waals surface area (Å²) in [6, 6.07) is -0.108. The van der Waals surface area contributed by atoms with E-state index in [1.165, 1.54) is 11.3 Å². The molecule has 4 heterocycles. The zero-order valence-corrected chi connectivity index (χ0v) is 13.9. The van der Waals surface area contributed by atoms with Gasteiger partial charge in [0.25, 0.3) is 0 Å². The molecule has 9 nitrogen and oxygen atoms in total. The molecule has 2 aromatic rings. The lowest BCUT2D eigenvalue weighted by Gasteiger charge is -2.38. The van der Waals surface area contributed by atoms with Crippen molar-refractivity contribution in [2.75, 3.05) is 36.4 Å². The largest absolute Gasteiger partial charge is 0.336 e. The third-order valence-electron chi connectivity index (χ3n) is 4.12. The number of carbonyl (C=O) groups excluding carboxylic acids is 2. The molecule has 0 radical (unpaired) electrons. The summed E-state index contributed by atoms with van der Waals surface area (Å²) in [5, 5.41) is 10.5. The predicted molar refractivity (Wildman–Crippen MR) is 89.5 cm³/mol. The SMILES string of the molecule is Cc1cnc(NC(=O)N2CC(n3cc(N4CCNC4=O)cn3)C2)s1. The van der Waals surface area contributed by atoms with E-state index in [1.54, 1.807) is 22.2 Å². The molecule has 0 atom stereocenters. The van der Waals surface area contributed by atoms with Crippen LogP contribution in [0.15, 0.2) is 18.6 Å². The van der Waals surface area contributed by atoms with Gasteiger partial charge in [-0.05, 0) is 6.92 Å². The number of nitrogens with one attached hydrogen (secondary N) is 2. The maximum absolute atomic E-state index is 12.1. The summed E-state index contributed by atoms with van der Waals surface area (Å²) < 4.78 is 1.82. The quantitative estimate of drug-likeness (QED) is 0.874. The minimum absolute atomic E-state index is 0.0945. The number of aromatic nitrogens is 3. The van der Waals surface area contributed by atoms with Gasteiger partial charge in [0.05, 0.1) is 17.9 Å². The molecule has 2 saturated heterocycles. The van der Waals surface area contributed by atoms with Crippen LogP contribution in [0.4, 0.5) is 20.4 Å². The number of carbonyl (C=O) groups is 2. The highest BCUT2D eigenvalue weighted by Gasteiger charge is 2.33. The van der Waals surface area contributed by atoms with Crippen LogP contribution in [0.3, 0.4) is 0 Å². The number of amides is 4. The summed E-state index contributed by atoms with van der Waals surface area (Å²) in [4.78, 5) is 32.4. The van der Waals surface area contributed by atoms with Crippen molar-refractivity contribution in [1.82, 2.24) is 25.0 Å². The van der Waals surface area contributed by atoms with E-state index in [9.17, 15) is 9.59 Å². The molecular weight excluding hydrogens is 330 g/mol. The number of aryl methyl sites for hydroxylation is 1. The van der Waals surface area contributed by atoms with Crippen molar-refractivity contribution in [2.45, 2.75) is 13.0 Å². The topological polar surface area (TPSA) is 95.4 Å². The first-order valence-corrected chi connectivity index (χ1v) is 8.49. The summed E-state index contributed by atoms with van der Waals surface area (Å²) in [6.45, 7) is 4.42. The molecule has 0 aliphatic carbocycles. The normalized spacial score (nSPS) is 17.8. The van der Waals surface area contributed by atoms with Gasteiger partial charge in [-0.1, -0.05) is 0 Å². The number of likely N-dealkylation sites (tertiary alicyclic amines) is 1. The van der Waals surface area contributed by atoms with Gasteiger partial charge in [0.15, 0.2) is 5.13 Å². The monoisotopic (exact) mass is 347 g/mol. The zero-order chi connectivity index (χ0) is 16.7. The maximum Gasteiger partial charge on any atom is 0.323 e. The standard InChI is InChI=1S/C14H17N7O2S/c1-9-4-16-12(24-9)18-14(23)19-6-11(7-19)21-8-10(5-17-21)20-3-2-15-13(20)22/h4-5,8,11H,2-3,6-7H2,1H3,(H,15,22)(H,16,18,23). The Hall–Kier alpha value is -2.62. The van der Waals surface area contributed by atoms with Crippen LogP contribution in [-0.2, 0) is 0 Å². The van der Waals surface area contributed by atoms with Crippen LogP contribution in [0.25, 0.3) is 0 Å². The van der Waals surface area contributed by atoms with Crippen LogP contribution >= 0.6 is 11.3 Å². The highest BCUT2D eigenvalue weighted by molar-refractivity contribution is 7.15. The Bertz CT molecular complexity index is 780. The summed E-state index contributed by atoms with van der Waals surface area (Å²) >= 11 is 1.45. The van der Waals surface area contributed by atoms with E-state index in [1.807, 2.05) is 17.8 Å². The molecule has 2 N–H and O–H groups in total. The Balaban J connectivity index is 1.33. The molecule has 0 saturated carbocycles. The van der Waals surface area contributed by atoms with Crippen LogP contribution in [0.2, 0.25) is 0 Å². The molecule has 2 aromatic heterocycles. The highest BCUT2D eigenvalue weighted by atomic mass is 32.1. The molecule has 24 heavy (non-hydrogen) atoms. The minimum Gasteiger partial charge on any atom is -0.336 e. The van der Waals surface area contributed by atoms with Crippen molar-refractivity contribution in [3.05, 3.63) is 23.5 Å².